The van der Waals surface area contributed by atoms with Gasteiger partial charge in [-0.1, -0.05) is 40.3 Å². The Balaban J connectivity index is 2.10. The molecular formula is C15H9BrN2O2S. The zero-order valence-corrected chi connectivity index (χ0v) is 13.1. The lowest BCUT2D eigenvalue weighted by atomic mass is 10.1. The fourth-order valence-electron chi connectivity index (χ4n) is 2.25. The van der Waals surface area contributed by atoms with Gasteiger partial charge in [0.2, 0.25) is 0 Å². The van der Waals surface area contributed by atoms with Crippen molar-refractivity contribution in [3.05, 3.63) is 63.6 Å². The Kier molecular flexibility index (Phi) is 3.35. The van der Waals surface area contributed by atoms with Crippen LogP contribution < -0.4 is 10.6 Å². The first kappa shape index (κ1) is 13.9. The van der Waals surface area contributed by atoms with E-state index >= 15 is 0 Å². The van der Waals surface area contributed by atoms with Gasteiger partial charge in [0.1, 0.15) is 4.99 Å². The number of rotatable bonds is 2. The molecule has 0 spiro atoms. The van der Waals surface area contributed by atoms with Crippen LogP contribution in [0.1, 0.15) is 26.3 Å². The fraction of sp³-hybridized carbons (Fsp3) is 0. The Morgan fingerprint density at radius 1 is 1.05 bits per heavy atom. The topological polar surface area (TPSA) is 63.4 Å². The highest BCUT2D eigenvalue weighted by Gasteiger charge is 2.36. The molecule has 3 rings (SSSR count). The quantitative estimate of drug-likeness (QED) is 0.660. The van der Waals surface area contributed by atoms with Crippen LogP contribution in [0.4, 0.5) is 5.69 Å². The summed E-state index contributed by atoms with van der Waals surface area (Å²) in [7, 11) is 0. The summed E-state index contributed by atoms with van der Waals surface area (Å²) >= 11 is 8.23. The summed E-state index contributed by atoms with van der Waals surface area (Å²) in [5.41, 5.74) is 7.44. The molecule has 1 aliphatic heterocycles. The van der Waals surface area contributed by atoms with Crippen molar-refractivity contribution in [1.82, 2.24) is 0 Å². The molecule has 0 aliphatic carbocycles. The lowest BCUT2D eigenvalue weighted by Crippen LogP contribution is -2.29. The molecule has 0 unspecified atom stereocenters. The van der Waals surface area contributed by atoms with Crippen molar-refractivity contribution < 1.29 is 9.59 Å². The van der Waals surface area contributed by atoms with Crippen molar-refractivity contribution in [2.24, 2.45) is 5.73 Å². The van der Waals surface area contributed by atoms with Gasteiger partial charge in [0, 0.05) is 10.0 Å². The first-order valence-corrected chi connectivity index (χ1v) is 7.27. The third-order valence-electron chi connectivity index (χ3n) is 3.24. The van der Waals surface area contributed by atoms with E-state index in [4.69, 9.17) is 18.0 Å². The van der Waals surface area contributed by atoms with E-state index in [1.807, 2.05) is 0 Å². The van der Waals surface area contributed by atoms with E-state index in [0.29, 0.717) is 22.4 Å². The van der Waals surface area contributed by atoms with Gasteiger partial charge < -0.3 is 5.73 Å². The highest BCUT2D eigenvalue weighted by Crippen LogP contribution is 2.30. The predicted molar refractivity (Wildman–Crippen MR) is 87.6 cm³/mol. The second kappa shape index (κ2) is 5.05. The smallest absolute Gasteiger partial charge is 0.266 e. The number of thiocarbonyl (C=S) groups is 1. The standard InChI is InChI=1S/C15H9BrN2O2S/c16-9-4-5-11-12(7-9)15(20)18(14(11)19)10-3-1-2-8(6-10)13(17)21/h1-7H,(H2,17,21). The summed E-state index contributed by atoms with van der Waals surface area (Å²) < 4.78 is 0.751. The summed E-state index contributed by atoms with van der Waals surface area (Å²) in [4.78, 5) is 26.2. The highest BCUT2D eigenvalue weighted by molar-refractivity contribution is 9.10. The molecule has 0 aromatic heterocycles. The second-order valence-electron chi connectivity index (χ2n) is 4.55. The number of carbonyl (C=O) groups is 2. The number of imide groups is 1. The van der Waals surface area contributed by atoms with Crippen molar-refractivity contribution >= 4 is 50.6 Å². The van der Waals surface area contributed by atoms with Crippen molar-refractivity contribution in [2.75, 3.05) is 4.90 Å². The molecule has 0 atom stereocenters. The van der Waals surface area contributed by atoms with Gasteiger partial charge in [-0.3, -0.25) is 9.59 Å². The first-order valence-electron chi connectivity index (χ1n) is 6.07. The third kappa shape index (κ3) is 2.26. The zero-order chi connectivity index (χ0) is 15.1. The minimum atomic E-state index is -0.351. The molecule has 0 bridgehead atoms. The molecular weight excluding hydrogens is 352 g/mol. The lowest BCUT2D eigenvalue weighted by Gasteiger charge is -2.14. The van der Waals surface area contributed by atoms with Crippen LogP contribution in [-0.2, 0) is 0 Å². The summed E-state index contributed by atoms with van der Waals surface area (Å²) in [5, 5.41) is 0. The van der Waals surface area contributed by atoms with E-state index in [-0.39, 0.29) is 16.8 Å². The van der Waals surface area contributed by atoms with Gasteiger partial charge >= 0.3 is 0 Å². The zero-order valence-electron chi connectivity index (χ0n) is 10.7. The van der Waals surface area contributed by atoms with Crippen LogP contribution in [-0.4, -0.2) is 16.8 Å². The van der Waals surface area contributed by atoms with Crippen LogP contribution >= 0.6 is 28.1 Å². The molecule has 0 radical (unpaired) electrons. The average Bonchev–Trinajstić information content (AvgIpc) is 2.70. The van der Waals surface area contributed by atoms with E-state index in [9.17, 15) is 9.59 Å². The molecule has 1 heterocycles. The maximum absolute atomic E-state index is 12.5. The highest BCUT2D eigenvalue weighted by atomic mass is 79.9. The molecule has 4 nitrogen and oxygen atoms in total. The minimum absolute atomic E-state index is 0.219. The van der Waals surface area contributed by atoms with E-state index in [0.717, 1.165) is 9.37 Å². The number of halogens is 1. The number of carbonyl (C=O) groups excluding carboxylic acids is 2. The molecule has 2 aromatic rings. The third-order valence-corrected chi connectivity index (χ3v) is 3.97. The second-order valence-corrected chi connectivity index (χ2v) is 5.91. The van der Waals surface area contributed by atoms with Gasteiger partial charge in [0.05, 0.1) is 16.8 Å². The Bertz CT molecular complexity index is 804. The van der Waals surface area contributed by atoms with Gasteiger partial charge in [-0.25, -0.2) is 4.90 Å². The normalized spacial score (nSPS) is 13.5. The Hall–Kier alpha value is -2.05. The van der Waals surface area contributed by atoms with Crippen molar-refractivity contribution in [3.8, 4) is 0 Å². The molecule has 2 N–H and O–H groups in total. The van der Waals surface area contributed by atoms with Crippen LogP contribution in [0.15, 0.2) is 46.9 Å². The maximum Gasteiger partial charge on any atom is 0.266 e. The number of nitrogens with zero attached hydrogens (tertiary/aromatic N) is 1. The van der Waals surface area contributed by atoms with Crippen LogP contribution in [0.3, 0.4) is 0 Å². The SMILES string of the molecule is NC(=S)c1cccc(N2C(=O)c3ccc(Br)cc3C2=O)c1. The molecule has 0 saturated carbocycles. The lowest BCUT2D eigenvalue weighted by molar-refractivity contribution is 0.0926. The number of fused-ring (bicyclic) bond motifs is 1. The molecule has 0 fully saturated rings. The first-order chi connectivity index (χ1) is 9.99. The van der Waals surface area contributed by atoms with Crippen molar-refractivity contribution in [1.29, 1.82) is 0 Å². The Labute approximate surface area is 134 Å². The molecule has 2 amide bonds. The van der Waals surface area contributed by atoms with Crippen LogP contribution in [0.5, 0.6) is 0 Å². The molecule has 2 aromatic carbocycles. The largest absolute Gasteiger partial charge is 0.389 e. The predicted octanol–water partition coefficient (Wildman–Crippen LogP) is 2.88. The van der Waals surface area contributed by atoms with Crippen molar-refractivity contribution in [2.45, 2.75) is 0 Å². The van der Waals surface area contributed by atoms with E-state index < -0.39 is 0 Å². The van der Waals surface area contributed by atoms with Crippen molar-refractivity contribution in [3.63, 3.8) is 0 Å². The van der Waals surface area contributed by atoms with Gasteiger partial charge in [-0.15, -0.1) is 0 Å². The molecule has 0 saturated heterocycles. The summed E-state index contributed by atoms with van der Waals surface area (Å²) in [6.07, 6.45) is 0. The monoisotopic (exact) mass is 360 g/mol. The van der Waals surface area contributed by atoms with Crippen LogP contribution in [0.2, 0.25) is 0 Å². The Morgan fingerprint density at radius 2 is 1.76 bits per heavy atom. The number of benzene rings is 2. The van der Waals surface area contributed by atoms with Gasteiger partial charge in [0.25, 0.3) is 11.8 Å². The molecule has 1 aliphatic rings. The van der Waals surface area contributed by atoms with E-state index in [1.54, 1.807) is 42.5 Å². The van der Waals surface area contributed by atoms with E-state index in [2.05, 4.69) is 15.9 Å². The van der Waals surface area contributed by atoms with Gasteiger partial charge in [0.15, 0.2) is 0 Å². The Morgan fingerprint density at radius 3 is 2.48 bits per heavy atom. The number of hydrogen-bond acceptors (Lipinski definition) is 3. The van der Waals surface area contributed by atoms with Gasteiger partial charge in [-0.05, 0) is 30.3 Å². The summed E-state index contributed by atoms with van der Waals surface area (Å²) in [5.74, 6) is -0.695. The van der Waals surface area contributed by atoms with Crippen LogP contribution in [0, 0.1) is 0 Å². The van der Waals surface area contributed by atoms with Gasteiger partial charge in [-0.2, -0.15) is 0 Å². The maximum atomic E-state index is 12.5. The number of amides is 2. The average molecular weight is 361 g/mol. The summed E-state index contributed by atoms with van der Waals surface area (Å²) in [6.45, 7) is 0. The minimum Gasteiger partial charge on any atom is -0.389 e. The van der Waals surface area contributed by atoms with Crippen LogP contribution in [0.25, 0.3) is 0 Å². The molecule has 6 heteroatoms. The van der Waals surface area contributed by atoms with E-state index in [1.165, 1.54) is 0 Å². The molecule has 21 heavy (non-hydrogen) atoms. The summed E-state index contributed by atoms with van der Waals surface area (Å²) in [6, 6.07) is 11.8. The number of hydrogen-bond donors (Lipinski definition) is 1. The molecule has 104 valence electrons. The fourth-order valence-corrected chi connectivity index (χ4v) is 2.73. The number of anilines is 1. The number of nitrogens with two attached hydrogens (primary N) is 1.